The Balaban J connectivity index is 1.65. The zero-order valence-electron chi connectivity index (χ0n) is 11.8. The van der Waals surface area contributed by atoms with Crippen molar-refractivity contribution in [1.29, 1.82) is 0 Å². The lowest BCUT2D eigenvalue weighted by molar-refractivity contribution is -0.117. The summed E-state index contributed by atoms with van der Waals surface area (Å²) in [5, 5.41) is 15.1. The van der Waals surface area contributed by atoms with Crippen LogP contribution < -0.4 is 5.32 Å². The average Bonchev–Trinajstić information content (AvgIpc) is 2.98. The summed E-state index contributed by atoms with van der Waals surface area (Å²) in [6.07, 6.45) is 0. The van der Waals surface area contributed by atoms with Crippen LogP contribution in [0.1, 0.15) is 0 Å². The molecule has 23 heavy (non-hydrogen) atoms. The minimum Gasteiger partial charge on any atom is -0.324 e. The monoisotopic (exact) mass is 331 g/mol. The van der Waals surface area contributed by atoms with Gasteiger partial charge in [-0.05, 0) is 53.7 Å². The molecule has 3 aromatic rings. The standard InChI is InChI=1S/C15H11ClFN5O/c16-11-3-1-10(2-4-11)15-19-21-22(20-15)9-14(23)18-13-7-5-12(17)6-8-13/h1-8H,9H2,(H,18,23). The van der Waals surface area contributed by atoms with Crippen molar-refractivity contribution in [2.75, 3.05) is 5.32 Å². The van der Waals surface area contributed by atoms with Crippen molar-refractivity contribution < 1.29 is 9.18 Å². The van der Waals surface area contributed by atoms with E-state index in [9.17, 15) is 9.18 Å². The maximum Gasteiger partial charge on any atom is 0.248 e. The molecule has 0 aliphatic heterocycles. The molecule has 6 nitrogen and oxygen atoms in total. The van der Waals surface area contributed by atoms with Crippen molar-refractivity contribution in [3.63, 3.8) is 0 Å². The first-order chi connectivity index (χ1) is 11.1. The zero-order chi connectivity index (χ0) is 16.2. The predicted molar refractivity (Wildman–Crippen MR) is 83.3 cm³/mol. The lowest BCUT2D eigenvalue weighted by Crippen LogP contribution is -2.20. The Bertz CT molecular complexity index is 817. The molecule has 0 fully saturated rings. The summed E-state index contributed by atoms with van der Waals surface area (Å²) < 4.78 is 12.8. The molecule has 0 bridgehead atoms. The summed E-state index contributed by atoms with van der Waals surface area (Å²) in [5.41, 5.74) is 1.24. The number of hydrogen-bond acceptors (Lipinski definition) is 4. The molecular formula is C15H11ClFN5O. The summed E-state index contributed by atoms with van der Waals surface area (Å²) in [6.45, 7) is -0.0992. The second kappa shape index (κ2) is 6.53. The van der Waals surface area contributed by atoms with E-state index >= 15 is 0 Å². The van der Waals surface area contributed by atoms with Crippen LogP contribution in [0.5, 0.6) is 0 Å². The first-order valence-electron chi connectivity index (χ1n) is 6.69. The molecule has 2 aromatic carbocycles. The summed E-state index contributed by atoms with van der Waals surface area (Å²) >= 11 is 5.82. The van der Waals surface area contributed by atoms with E-state index < -0.39 is 0 Å². The van der Waals surface area contributed by atoms with Gasteiger partial charge in [-0.3, -0.25) is 4.79 Å². The Labute approximate surface area is 135 Å². The van der Waals surface area contributed by atoms with E-state index in [4.69, 9.17) is 11.6 Å². The number of benzene rings is 2. The highest BCUT2D eigenvalue weighted by Gasteiger charge is 2.09. The third-order valence-corrected chi connectivity index (χ3v) is 3.22. The van der Waals surface area contributed by atoms with Gasteiger partial charge in [-0.2, -0.15) is 4.80 Å². The predicted octanol–water partition coefficient (Wildman–Crippen LogP) is 2.77. The van der Waals surface area contributed by atoms with Gasteiger partial charge in [-0.25, -0.2) is 4.39 Å². The maximum absolute atomic E-state index is 12.8. The molecule has 116 valence electrons. The normalized spacial score (nSPS) is 10.5. The average molecular weight is 332 g/mol. The van der Waals surface area contributed by atoms with E-state index in [0.717, 1.165) is 5.56 Å². The molecule has 0 radical (unpaired) electrons. The maximum atomic E-state index is 12.8. The van der Waals surface area contributed by atoms with Crippen molar-refractivity contribution in [3.8, 4) is 11.4 Å². The number of tetrazole rings is 1. The number of anilines is 1. The van der Waals surface area contributed by atoms with Crippen LogP contribution in [0.2, 0.25) is 5.02 Å². The van der Waals surface area contributed by atoms with Gasteiger partial charge in [0.2, 0.25) is 11.7 Å². The SMILES string of the molecule is O=C(Cn1nnc(-c2ccc(Cl)cc2)n1)Nc1ccc(F)cc1. The van der Waals surface area contributed by atoms with Gasteiger partial charge in [0.05, 0.1) is 0 Å². The molecule has 0 unspecified atom stereocenters. The van der Waals surface area contributed by atoms with Gasteiger partial charge in [0, 0.05) is 16.3 Å². The van der Waals surface area contributed by atoms with Crippen molar-refractivity contribution in [3.05, 3.63) is 59.4 Å². The molecule has 1 amide bonds. The largest absolute Gasteiger partial charge is 0.324 e. The molecule has 1 aromatic heterocycles. The Hall–Kier alpha value is -2.80. The number of aromatic nitrogens is 4. The van der Waals surface area contributed by atoms with Gasteiger partial charge in [0.15, 0.2) is 0 Å². The fourth-order valence-electron chi connectivity index (χ4n) is 1.89. The topological polar surface area (TPSA) is 72.7 Å². The van der Waals surface area contributed by atoms with Gasteiger partial charge in [0.25, 0.3) is 0 Å². The smallest absolute Gasteiger partial charge is 0.248 e. The van der Waals surface area contributed by atoms with Gasteiger partial charge in [0.1, 0.15) is 12.4 Å². The number of halogens is 2. The van der Waals surface area contributed by atoms with Crippen molar-refractivity contribution in [2.45, 2.75) is 6.54 Å². The van der Waals surface area contributed by atoms with Crippen LogP contribution in [-0.4, -0.2) is 26.1 Å². The van der Waals surface area contributed by atoms with E-state index in [-0.39, 0.29) is 18.3 Å². The van der Waals surface area contributed by atoms with Crippen molar-refractivity contribution in [1.82, 2.24) is 20.2 Å². The molecule has 0 saturated heterocycles. The number of nitrogens with zero attached hydrogens (tertiary/aromatic N) is 4. The number of carbonyl (C=O) groups excluding carboxylic acids is 1. The molecule has 0 spiro atoms. The summed E-state index contributed by atoms with van der Waals surface area (Å²) in [6, 6.07) is 12.5. The molecule has 1 heterocycles. The number of amides is 1. The first kappa shape index (κ1) is 15.1. The van der Waals surface area contributed by atoms with Crippen LogP contribution in [0.25, 0.3) is 11.4 Å². The molecule has 0 saturated carbocycles. The Morgan fingerprint density at radius 2 is 1.83 bits per heavy atom. The minimum absolute atomic E-state index is 0.0992. The molecule has 0 atom stereocenters. The van der Waals surface area contributed by atoms with Gasteiger partial charge in [-0.1, -0.05) is 11.6 Å². The number of rotatable bonds is 4. The summed E-state index contributed by atoms with van der Waals surface area (Å²) in [4.78, 5) is 13.1. The van der Waals surface area contributed by atoms with Crippen molar-refractivity contribution >= 4 is 23.2 Å². The Morgan fingerprint density at radius 3 is 2.52 bits per heavy atom. The molecule has 1 N–H and O–H groups in total. The van der Waals surface area contributed by atoms with E-state index in [1.807, 2.05) is 0 Å². The van der Waals surface area contributed by atoms with E-state index in [2.05, 4.69) is 20.7 Å². The number of nitrogens with one attached hydrogen (secondary N) is 1. The fourth-order valence-corrected chi connectivity index (χ4v) is 2.01. The van der Waals surface area contributed by atoms with Crippen LogP contribution >= 0.6 is 11.6 Å². The lowest BCUT2D eigenvalue weighted by Gasteiger charge is -2.03. The summed E-state index contributed by atoms with van der Waals surface area (Å²) in [5.74, 6) is -0.304. The van der Waals surface area contributed by atoms with Gasteiger partial charge >= 0.3 is 0 Å². The second-order valence-corrected chi connectivity index (χ2v) is 5.14. The van der Waals surface area contributed by atoms with Crippen LogP contribution in [-0.2, 0) is 11.3 Å². The molecular weight excluding hydrogens is 321 g/mol. The summed E-state index contributed by atoms with van der Waals surface area (Å²) in [7, 11) is 0. The van der Waals surface area contributed by atoms with Crippen molar-refractivity contribution in [2.24, 2.45) is 0 Å². The quantitative estimate of drug-likeness (QED) is 0.798. The van der Waals surface area contributed by atoms with Gasteiger partial charge in [-0.15, -0.1) is 10.2 Å². The highest BCUT2D eigenvalue weighted by Crippen LogP contribution is 2.17. The Morgan fingerprint density at radius 1 is 1.13 bits per heavy atom. The molecule has 3 rings (SSSR count). The highest BCUT2D eigenvalue weighted by atomic mass is 35.5. The van der Waals surface area contributed by atoms with Crippen LogP contribution in [0.15, 0.2) is 48.5 Å². The second-order valence-electron chi connectivity index (χ2n) is 4.71. The Kier molecular flexibility index (Phi) is 4.29. The fraction of sp³-hybridized carbons (Fsp3) is 0.0667. The number of hydrogen-bond donors (Lipinski definition) is 1. The zero-order valence-corrected chi connectivity index (χ0v) is 12.5. The third-order valence-electron chi connectivity index (χ3n) is 2.97. The highest BCUT2D eigenvalue weighted by molar-refractivity contribution is 6.30. The van der Waals surface area contributed by atoms with E-state index in [1.54, 1.807) is 24.3 Å². The molecule has 0 aliphatic rings. The van der Waals surface area contributed by atoms with Crippen LogP contribution in [0.3, 0.4) is 0 Å². The van der Waals surface area contributed by atoms with Gasteiger partial charge < -0.3 is 5.32 Å². The third kappa shape index (κ3) is 3.89. The van der Waals surface area contributed by atoms with Crippen LogP contribution in [0, 0.1) is 5.82 Å². The minimum atomic E-state index is -0.367. The lowest BCUT2D eigenvalue weighted by atomic mass is 10.2. The van der Waals surface area contributed by atoms with E-state index in [1.165, 1.54) is 29.1 Å². The molecule has 0 aliphatic carbocycles. The first-order valence-corrected chi connectivity index (χ1v) is 7.07. The van der Waals surface area contributed by atoms with E-state index in [0.29, 0.717) is 16.5 Å². The number of carbonyl (C=O) groups is 1. The molecule has 8 heteroatoms. The van der Waals surface area contributed by atoms with Crippen LogP contribution in [0.4, 0.5) is 10.1 Å².